The number of nitrogens with two attached hydrogens (primary N) is 1. The SMILES string of the molecule is CCOC(C(=O)Cc1cccnc1N)c1ccccc1. The molecule has 2 rings (SSSR count). The van der Waals surface area contributed by atoms with E-state index in [4.69, 9.17) is 10.5 Å². The van der Waals surface area contributed by atoms with Crippen molar-refractivity contribution in [1.29, 1.82) is 0 Å². The number of carbonyl (C=O) groups excluding carboxylic acids is 1. The van der Waals surface area contributed by atoms with E-state index in [1.807, 2.05) is 43.3 Å². The topological polar surface area (TPSA) is 65.2 Å². The second-order valence-corrected chi connectivity index (χ2v) is 4.44. The molecule has 4 nitrogen and oxygen atoms in total. The highest BCUT2D eigenvalue weighted by molar-refractivity contribution is 5.87. The Hall–Kier alpha value is -2.20. The van der Waals surface area contributed by atoms with Gasteiger partial charge in [0.1, 0.15) is 11.9 Å². The number of pyridine rings is 1. The van der Waals surface area contributed by atoms with Gasteiger partial charge in [0.05, 0.1) is 0 Å². The maximum absolute atomic E-state index is 12.4. The molecule has 2 N–H and O–H groups in total. The summed E-state index contributed by atoms with van der Waals surface area (Å²) >= 11 is 0. The van der Waals surface area contributed by atoms with Crippen LogP contribution in [-0.2, 0) is 16.0 Å². The molecule has 0 aliphatic heterocycles. The van der Waals surface area contributed by atoms with Crippen molar-refractivity contribution in [3.8, 4) is 0 Å². The fraction of sp³-hybridized carbons (Fsp3) is 0.250. The fourth-order valence-corrected chi connectivity index (χ4v) is 2.05. The molecule has 0 aliphatic rings. The summed E-state index contributed by atoms with van der Waals surface area (Å²) in [4.78, 5) is 16.4. The molecule has 2 aromatic rings. The third kappa shape index (κ3) is 3.42. The number of nitrogen functional groups attached to an aromatic ring is 1. The molecule has 0 aliphatic carbocycles. The number of hydrogen-bond donors (Lipinski definition) is 1. The van der Waals surface area contributed by atoms with Gasteiger partial charge in [-0.3, -0.25) is 4.79 Å². The van der Waals surface area contributed by atoms with Gasteiger partial charge < -0.3 is 10.5 Å². The highest BCUT2D eigenvalue weighted by Gasteiger charge is 2.21. The second-order valence-electron chi connectivity index (χ2n) is 4.44. The van der Waals surface area contributed by atoms with E-state index in [-0.39, 0.29) is 12.2 Å². The van der Waals surface area contributed by atoms with Crippen molar-refractivity contribution in [2.45, 2.75) is 19.4 Å². The van der Waals surface area contributed by atoms with Crippen LogP contribution in [0.3, 0.4) is 0 Å². The Morgan fingerprint density at radius 3 is 2.65 bits per heavy atom. The van der Waals surface area contributed by atoms with E-state index >= 15 is 0 Å². The van der Waals surface area contributed by atoms with E-state index in [0.717, 1.165) is 11.1 Å². The van der Waals surface area contributed by atoms with Crippen LogP contribution in [0.1, 0.15) is 24.2 Å². The van der Waals surface area contributed by atoms with Gasteiger partial charge in [-0.15, -0.1) is 0 Å². The zero-order chi connectivity index (χ0) is 14.4. The molecule has 0 saturated heterocycles. The van der Waals surface area contributed by atoms with Gasteiger partial charge in [-0.05, 0) is 18.6 Å². The van der Waals surface area contributed by atoms with Crippen LogP contribution in [0.2, 0.25) is 0 Å². The predicted molar refractivity (Wildman–Crippen MR) is 78.2 cm³/mol. The average Bonchev–Trinajstić information content (AvgIpc) is 2.48. The number of aromatic nitrogens is 1. The summed E-state index contributed by atoms with van der Waals surface area (Å²) in [7, 11) is 0. The Kier molecular flexibility index (Phi) is 4.85. The normalized spacial score (nSPS) is 12.1. The largest absolute Gasteiger partial charge is 0.383 e. The molecule has 0 radical (unpaired) electrons. The Bertz CT molecular complexity index is 570. The molecule has 1 unspecified atom stereocenters. The van der Waals surface area contributed by atoms with Gasteiger partial charge in [0.2, 0.25) is 0 Å². The molecule has 20 heavy (non-hydrogen) atoms. The quantitative estimate of drug-likeness (QED) is 0.876. The average molecular weight is 270 g/mol. The highest BCUT2D eigenvalue weighted by atomic mass is 16.5. The molecule has 0 bridgehead atoms. The van der Waals surface area contributed by atoms with E-state index in [0.29, 0.717) is 12.4 Å². The van der Waals surface area contributed by atoms with Crippen LogP contribution in [0.4, 0.5) is 5.82 Å². The summed E-state index contributed by atoms with van der Waals surface area (Å²) in [5.41, 5.74) is 7.37. The van der Waals surface area contributed by atoms with Crippen LogP contribution in [0.25, 0.3) is 0 Å². The van der Waals surface area contributed by atoms with Crippen LogP contribution in [0.5, 0.6) is 0 Å². The van der Waals surface area contributed by atoms with Crippen molar-refractivity contribution in [3.63, 3.8) is 0 Å². The van der Waals surface area contributed by atoms with Crippen molar-refractivity contribution in [1.82, 2.24) is 4.98 Å². The zero-order valence-electron chi connectivity index (χ0n) is 11.5. The number of rotatable bonds is 6. The van der Waals surface area contributed by atoms with Crippen molar-refractivity contribution in [3.05, 3.63) is 59.8 Å². The maximum atomic E-state index is 12.4. The van der Waals surface area contributed by atoms with Gasteiger partial charge >= 0.3 is 0 Å². The smallest absolute Gasteiger partial charge is 0.170 e. The molecule has 0 amide bonds. The van der Waals surface area contributed by atoms with Crippen LogP contribution < -0.4 is 5.73 Å². The van der Waals surface area contributed by atoms with Gasteiger partial charge in [-0.2, -0.15) is 0 Å². The maximum Gasteiger partial charge on any atom is 0.170 e. The monoisotopic (exact) mass is 270 g/mol. The predicted octanol–water partition coefficient (Wildman–Crippen LogP) is 2.55. The van der Waals surface area contributed by atoms with Crippen molar-refractivity contribution < 1.29 is 9.53 Å². The number of carbonyl (C=O) groups is 1. The molecule has 1 atom stereocenters. The number of ether oxygens (including phenoxy) is 1. The lowest BCUT2D eigenvalue weighted by atomic mass is 10.00. The minimum atomic E-state index is -0.555. The minimum Gasteiger partial charge on any atom is -0.383 e. The summed E-state index contributed by atoms with van der Waals surface area (Å²) in [5.74, 6) is 0.377. The number of nitrogens with zero attached hydrogens (tertiary/aromatic N) is 1. The first-order valence-corrected chi connectivity index (χ1v) is 6.61. The Labute approximate surface area is 118 Å². The molecule has 0 fully saturated rings. The number of ketones is 1. The third-order valence-corrected chi connectivity index (χ3v) is 3.02. The molecule has 1 aromatic carbocycles. The van der Waals surface area contributed by atoms with Gasteiger partial charge in [0, 0.05) is 24.8 Å². The van der Waals surface area contributed by atoms with Gasteiger partial charge in [-0.25, -0.2) is 4.98 Å². The van der Waals surface area contributed by atoms with Gasteiger partial charge in [0.15, 0.2) is 5.78 Å². The Morgan fingerprint density at radius 1 is 1.25 bits per heavy atom. The summed E-state index contributed by atoms with van der Waals surface area (Å²) in [6, 6.07) is 13.1. The highest BCUT2D eigenvalue weighted by Crippen LogP contribution is 2.21. The first-order valence-electron chi connectivity index (χ1n) is 6.61. The number of Topliss-reactive ketones (excluding diaryl/α,β-unsaturated/α-hetero) is 1. The summed E-state index contributed by atoms with van der Waals surface area (Å²) in [6.45, 7) is 2.36. The van der Waals surface area contributed by atoms with Gasteiger partial charge in [-0.1, -0.05) is 36.4 Å². The lowest BCUT2D eigenvalue weighted by Gasteiger charge is -2.16. The van der Waals surface area contributed by atoms with E-state index in [1.165, 1.54) is 0 Å². The van der Waals surface area contributed by atoms with E-state index in [1.54, 1.807) is 12.3 Å². The lowest BCUT2D eigenvalue weighted by Crippen LogP contribution is -2.19. The molecule has 4 heteroatoms. The second kappa shape index (κ2) is 6.82. The van der Waals surface area contributed by atoms with Crippen molar-refractivity contribution in [2.75, 3.05) is 12.3 Å². The zero-order valence-corrected chi connectivity index (χ0v) is 11.5. The Morgan fingerprint density at radius 2 is 2.00 bits per heavy atom. The van der Waals surface area contributed by atoms with E-state index in [9.17, 15) is 4.79 Å². The lowest BCUT2D eigenvalue weighted by molar-refractivity contribution is -0.130. The van der Waals surface area contributed by atoms with Gasteiger partial charge in [0.25, 0.3) is 0 Å². The molecule has 1 heterocycles. The van der Waals surface area contributed by atoms with Crippen LogP contribution in [-0.4, -0.2) is 17.4 Å². The van der Waals surface area contributed by atoms with Crippen molar-refractivity contribution in [2.24, 2.45) is 0 Å². The molecule has 104 valence electrons. The first-order chi connectivity index (χ1) is 9.72. The Balaban J connectivity index is 2.18. The van der Waals surface area contributed by atoms with E-state index in [2.05, 4.69) is 4.98 Å². The number of hydrogen-bond acceptors (Lipinski definition) is 4. The summed E-state index contributed by atoms with van der Waals surface area (Å²) in [5, 5.41) is 0. The molecular formula is C16H18N2O2. The van der Waals surface area contributed by atoms with E-state index < -0.39 is 6.10 Å². The number of benzene rings is 1. The molecule has 1 aromatic heterocycles. The number of anilines is 1. The van der Waals surface area contributed by atoms with Crippen molar-refractivity contribution >= 4 is 11.6 Å². The van der Waals surface area contributed by atoms with Crippen LogP contribution in [0.15, 0.2) is 48.7 Å². The van der Waals surface area contributed by atoms with Crippen LogP contribution in [0, 0.1) is 0 Å². The minimum absolute atomic E-state index is 0.0160. The third-order valence-electron chi connectivity index (χ3n) is 3.02. The fourth-order valence-electron chi connectivity index (χ4n) is 2.05. The summed E-state index contributed by atoms with van der Waals surface area (Å²) < 4.78 is 5.59. The van der Waals surface area contributed by atoms with Crippen LogP contribution >= 0.6 is 0 Å². The standard InChI is InChI=1S/C16H18N2O2/c1-2-20-15(12-7-4-3-5-8-12)14(19)11-13-9-6-10-18-16(13)17/h3-10,15H,2,11H2,1H3,(H2,17,18). The molecular weight excluding hydrogens is 252 g/mol. The summed E-state index contributed by atoms with van der Waals surface area (Å²) in [6.07, 6.45) is 1.28. The molecule has 0 saturated carbocycles. The first kappa shape index (κ1) is 14.2. The molecule has 0 spiro atoms.